The van der Waals surface area contributed by atoms with E-state index in [-0.39, 0.29) is 24.5 Å². The molecule has 110 valence electrons. The molecule has 1 saturated carbocycles. The largest absolute Gasteiger partial charge is 0.484 e. The number of benzene rings is 2. The average Bonchev–Trinajstić information content (AvgIpc) is 3.31. The van der Waals surface area contributed by atoms with E-state index in [1.807, 2.05) is 42.5 Å². The molecule has 3 rings (SSSR count). The summed E-state index contributed by atoms with van der Waals surface area (Å²) in [5, 5.41) is 14.3. The van der Waals surface area contributed by atoms with Crippen molar-refractivity contribution in [2.75, 3.05) is 19.8 Å². The van der Waals surface area contributed by atoms with Crippen LogP contribution in [0.2, 0.25) is 0 Å². The first kappa shape index (κ1) is 13.9. The molecule has 2 aromatic rings. The molecule has 0 aliphatic heterocycles. The Labute approximate surface area is 123 Å². The zero-order valence-corrected chi connectivity index (χ0v) is 11.8. The Morgan fingerprint density at radius 3 is 2.67 bits per heavy atom. The first-order valence-corrected chi connectivity index (χ1v) is 7.20. The summed E-state index contributed by atoms with van der Waals surface area (Å²) >= 11 is 0. The summed E-state index contributed by atoms with van der Waals surface area (Å²) in [5.74, 6) is 0.537. The van der Waals surface area contributed by atoms with Gasteiger partial charge in [0.05, 0.1) is 6.61 Å². The van der Waals surface area contributed by atoms with E-state index >= 15 is 0 Å². The number of rotatable bonds is 6. The van der Waals surface area contributed by atoms with E-state index in [2.05, 4.69) is 5.32 Å². The minimum absolute atomic E-state index is 0.000150. The number of aliphatic hydroxyl groups excluding tert-OH is 1. The molecule has 4 nitrogen and oxygen atoms in total. The number of amides is 1. The van der Waals surface area contributed by atoms with Crippen molar-refractivity contribution in [2.24, 2.45) is 5.41 Å². The van der Waals surface area contributed by atoms with Crippen molar-refractivity contribution in [1.82, 2.24) is 5.32 Å². The summed E-state index contributed by atoms with van der Waals surface area (Å²) in [7, 11) is 0. The van der Waals surface area contributed by atoms with E-state index in [1.165, 1.54) is 0 Å². The highest BCUT2D eigenvalue weighted by Gasteiger charge is 2.42. The molecule has 2 N–H and O–H groups in total. The molecule has 0 atom stereocenters. The molecule has 21 heavy (non-hydrogen) atoms. The van der Waals surface area contributed by atoms with Crippen LogP contribution in [0.25, 0.3) is 10.8 Å². The van der Waals surface area contributed by atoms with Gasteiger partial charge in [0.2, 0.25) is 0 Å². The Bertz CT molecular complexity index is 649. The van der Waals surface area contributed by atoms with E-state index in [0.29, 0.717) is 12.3 Å². The van der Waals surface area contributed by atoms with Crippen LogP contribution in [0.15, 0.2) is 42.5 Å². The first-order valence-electron chi connectivity index (χ1n) is 7.20. The lowest BCUT2D eigenvalue weighted by molar-refractivity contribution is -0.123. The van der Waals surface area contributed by atoms with Crippen LogP contribution >= 0.6 is 0 Å². The maximum atomic E-state index is 11.8. The SMILES string of the molecule is O=C(COc1ccc2ccccc2c1)NCC1(CO)CC1. The van der Waals surface area contributed by atoms with Crippen LogP contribution in [0.5, 0.6) is 5.75 Å². The molecule has 4 heteroatoms. The Kier molecular flexibility index (Phi) is 3.80. The van der Waals surface area contributed by atoms with Gasteiger partial charge in [0.1, 0.15) is 5.75 Å². The molecular formula is C17H19NO3. The lowest BCUT2D eigenvalue weighted by Crippen LogP contribution is -2.35. The van der Waals surface area contributed by atoms with E-state index in [4.69, 9.17) is 4.74 Å². The topological polar surface area (TPSA) is 58.6 Å². The van der Waals surface area contributed by atoms with E-state index < -0.39 is 0 Å². The molecule has 0 bridgehead atoms. The van der Waals surface area contributed by atoms with Crippen LogP contribution < -0.4 is 10.1 Å². The number of nitrogens with one attached hydrogen (secondary N) is 1. The van der Waals surface area contributed by atoms with Crippen molar-refractivity contribution in [1.29, 1.82) is 0 Å². The van der Waals surface area contributed by atoms with Crippen LogP contribution in [0, 0.1) is 5.41 Å². The number of fused-ring (bicyclic) bond motifs is 1. The molecule has 0 unspecified atom stereocenters. The van der Waals surface area contributed by atoms with Crippen LogP contribution in [0.1, 0.15) is 12.8 Å². The van der Waals surface area contributed by atoms with Gasteiger partial charge in [0.15, 0.2) is 6.61 Å². The first-order chi connectivity index (χ1) is 10.2. The lowest BCUT2D eigenvalue weighted by atomic mass is 10.1. The predicted molar refractivity (Wildman–Crippen MR) is 81.2 cm³/mol. The maximum Gasteiger partial charge on any atom is 0.257 e. The number of carbonyl (C=O) groups excluding carboxylic acids is 1. The van der Waals surface area contributed by atoms with Gasteiger partial charge in [-0.1, -0.05) is 30.3 Å². The predicted octanol–water partition coefficient (Wildman–Crippen LogP) is 2.11. The summed E-state index contributed by atoms with van der Waals surface area (Å²) in [6, 6.07) is 13.8. The van der Waals surface area contributed by atoms with Gasteiger partial charge in [0, 0.05) is 12.0 Å². The molecule has 0 spiro atoms. The zero-order valence-electron chi connectivity index (χ0n) is 11.8. The van der Waals surface area contributed by atoms with Crippen molar-refractivity contribution in [3.8, 4) is 5.75 Å². The summed E-state index contributed by atoms with van der Waals surface area (Å²) in [6.07, 6.45) is 1.96. The Balaban J connectivity index is 1.52. The fourth-order valence-electron chi connectivity index (χ4n) is 2.31. The van der Waals surface area contributed by atoms with Crippen LogP contribution in [0.4, 0.5) is 0 Å². The Hall–Kier alpha value is -2.07. The van der Waals surface area contributed by atoms with Gasteiger partial charge in [-0.05, 0) is 35.7 Å². The molecule has 0 heterocycles. The fourth-order valence-corrected chi connectivity index (χ4v) is 2.31. The second-order valence-corrected chi connectivity index (χ2v) is 5.73. The van der Waals surface area contributed by atoms with Gasteiger partial charge in [-0.2, -0.15) is 0 Å². The zero-order chi connectivity index (χ0) is 14.7. The second kappa shape index (κ2) is 5.74. The number of hydrogen-bond donors (Lipinski definition) is 2. The third kappa shape index (κ3) is 3.34. The van der Waals surface area contributed by atoms with Gasteiger partial charge < -0.3 is 15.2 Å². The number of carbonyl (C=O) groups is 1. The number of aliphatic hydroxyl groups is 1. The van der Waals surface area contributed by atoms with Crippen molar-refractivity contribution in [3.63, 3.8) is 0 Å². The Morgan fingerprint density at radius 1 is 1.19 bits per heavy atom. The highest BCUT2D eigenvalue weighted by molar-refractivity contribution is 5.84. The van der Waals surface area contributed by atoms with Crippen LogP contribution in [-0.2, 0) is 4.79 Å². The van der Waals surface area contributed by atoms with Crippen LogP contribution in [0.3, 0.4) is 0 Å². The molecule has 0 radical (unpaired) electrons. The molecular weight excluding hydrogens is 266 g/mol. The summed E-state index contributed by atoms with van der Waals surface area (Å²) < 4.78 is 5.52. The summed E-state index contributed by atoms with van der Waals surface area (Å²) in [4.78, 5) is 11.8. The van der Waals surface area contributed by atoms with Gasteiger partial charge in [0.25, 0.3) is 5.91 Å². The number of hydrogen-bond acceptors (Lipinski definition) is 3. The number of ether oxygens (including phenoxy) is 1. The highest BCUT2D eigenvalue weighted by atomic mass is 16.5. The minimum Gasteiger partial charge on any atom is -0.484 e. The average molecular weight is 285 g/mol. The van der Waals surface area contributed by atoms with Crippen molar-refractivity contribution in [2.45, 2.75) is 12.8 Å². The quantitative estimate of drug-likeness (QED) is 0.854. The molecule has 1 fully saturated rings. The van der Waals surface area contributed by atoms with Gasteiger partial charge in [-0.3, -0.25) is 4.79 Å². The molecule has 2 aromatic carbocycles. The van der Waals surface area contributed by atoms with Crippen molar-refractivity contribution in [3.05, 3.63) is 42.5 Å². The third-order valence-corrected chi connectivity index (χ3v) is 4.04. The molecule has 1 aliphatic carbocycles. The van der Waals surface area contributed by atoms with E-state index in [9.17, 15) is 9.90 Å². The monoisotopic (exact) mass is 285 g/mol. The summed E-state index contributed by atoms with van der Waals surface area (Å²) in [6.45, 7) is 0.669. The molecule has 1 aliphatic rings. The third-order valence-electron chi connectivity index (χ3n) is 4.04. The van der Waals surface area contributed by atoms with E-state index in [1.54, 1.807) is 0 Å². The maximum absolute atomic E-state index is 11.8. The second-order valence-electron chi connectivity index (χ2n) is 5.73. The Morgan fingerprint density at radius 2 is 1.95 bits per heavy atom. The standard InChI is InChI=1S/C17H19NO3/c19-12-17(7-8-17)11-18-16(20)10-21-15-6-5-13-3-1-2-4-14(13)9-15/h1-6,9,19H,7-8,10-12H2,(H,18,20). The normalized spacial score (nSPS) is 15.7. The fraction of sp³-hybridized carbons (Fsp3) is 0.353. The molecule has 0 aromatic heterocycles. The molecule has 1 amide bonds. The highest BCUT2D eigenvalue weighted by Crippen LogP contribution is 2.44. The van der Waals surface area contributed by atoms with Crippen LogP contribution in [-0.4, -0.2) is 30.8 Å². The smallest absolute Gasteiger partial charge is 0.257 e. The molecule has 0 saturated heterocycles. The lowest BCUT2D eigenvalue weighted by Gasteiger charge is -2.13. The van der Waals surface area contributed by atoms with Gasteiger partial charge in [-0.25, -0.2) is 0 Å². The summed E-state index contributed by atoms with van der Waals surface area (Å²) in [5.41, 5.74) is -0.0708. The van der Waals surface area contributed by atoms with Crippen molar-refractivity contribution < 1.29 is 14.6 Å². The van der Waals surface area contributed by atoms with Crippen molar-refractivity contribution >= 4 is 16.7 Å². The van der Waals surface area contributed by atoms with Gasteiger partial charge in [-0.15, -0.1) is 0 Å². The minimum atomic E-state index is -0.150. The van der Waals surface area contributed by atoms with Gasteiger partial charge >= 0.3 is 0 Å². The van der Waals surface area contributed by atoms with E-state index in [0.717, 1.165) is 23.6 Å².